The van der Waals surface area contributed by atoms with Gasteiger partial charge in [-0.1, -0.05) is 91.0 Å². The van der Waals surface area contributed by atoms with Crippen LogP contribution in [-0.4, -0.2) is 4.57 Å². The minimum atomic E-state index is 0.930. The summed E-state index contributed by atoms with van der Waals surface area (Å²) in [5.74, 6) is 0. The number of hydrogen-bond acceptors (Lipinski definition) is 2. The zero-order chi connectivity index (χ0) is 25.5. The highest BCUT2D eigenvalue weighted by atomic mass is 32.1. The van der Waals surface area contributed by atoms with Crippen molar-refractivity contribution in [3.8, 4) is 16.8 Å². The number of fused-ring (bicyclic) bond motifs is 9. The van der Waals surface area contributed by atoms with Gasteiger partial charge in [0.1, 0.15) is 11.2 Å². The lowest BCUT2D eigenvalue weighted by Crippen LogP contribution is -1.93. The van der Waals surface area contributed by atoms with E-state index in [9.17, 15) is 0 Å². The van der Waals surface area contributed by atoms with Gasteiger partial charge < -0.3 is 8.98 Å². The van der Waals surface area contributed by atoms with E-state index in [1.807, 2.05) is 17.4 Å². The van der Waals surface area contributed by atoms with Gasteiger partial charge in [-0.25, -0.2) is 0 Å². The smallest absolute Gasteiger partial charge is 0.143 e. The summed E-state index contributed by atoms with van der Waals surface area (Å²) in [7, 11) is 0. The zero-order valence-corrected chi connectivity index (χ0v) is 21.7. The number of benzene rings is 6. The van der Waals surface area contributed by atoms with E-state index < -0.39 is 0 Å². The molecule has 0 bridgehead atoms. The maximum Gasteiger partial charge on any atom is 0.143 e. The Morgan fingerprint density at radius 3 is 1.92 bits per heavy atom. The molecule has 3 heteroatoms. The van der Waals surface area contributed by atoms with Crippen LogP contribution >= 0.6 is 11.3 Å². The Balaban J connectivity index is 1.31. The van der Waals surface area contributed by atoms with Crippen molar-refractivity contribution in [2.75, 3.05) is 0 Å². The molecule has 3 heterocycles. The first-order valence-corrected chi connectivity index (χ1v) is 14.0. The number of furan rings is 1. The summed E-state index contributed by atoms with van der Waals surface area (Å²) in [4.78, 5) is 0. The molecule has 2 nitrogen and oxygen atoms in total. The summed E-state index contributed by atoms with van der Waals surface area (Å²) in [6, 6.07) is 45.7. The number of para-hydroxylation sites is 4. The highest BCUT2D eigenvalue weighted by Gasteiger charge is 2.17. The van der Waals surface area contributed by atoms with E-state index >= 15 is 0 Å². The number of hydrogen-bond donors (Lipinski definition) is 0. The third-order valence-corrected chi connectivity index (χ3v) is 9.23. The number of thiophene rings is 1. The molecule has 0 aliphatic heterocycles. The zero-order valence-electron chi connectivity index (χ0n) is 20.9. The van der Waals surface area contributed by atoms with E-state index in [4.69, 9.17) is 4.42 Å². The summed E-state index contributed by atoms with van der Waals surface area (Å²) in [6.07, 6.45) is 0. The van der Waals surface area contributed by atoms with Crippen LogP contribution in [0.2, 0.25) is 0 Å². The fourth-order valence-electron chi connectivity index (χ4n) is 6.30. The quantitative estimate of drug-likeness (QED) is 0.224. The van der Waals surface area contributed by atoms with Gasteiger partial charge in [-0.05, 0) is 36.4 Å². The highest BCUT2D eigenvalue weighted by molar-refractivity contribution is 7.26. The van der Waals surface area contributed by atoms with E-state index in [0.717, 1.165) is 27.5 Å². The molecule has 0 amide bonds. The van der Waals surface area contributed by atoms with Crippen molar-refractivity contribution in [3.05, 3.63) is 127 Å². The summed E-state index contributed by atoms with van der Waals surface area (Å²) < 4.78 is 11.4. The van der Waals surface area contributed by atoms with E-state index in [-0.39, 0.29) is 0 Å². The van der Waals surface area contributed by atoms with E-state index in [1.54, 1.807) is 0 Å². The fraction of sp³-hybridized carbons (Fsp3) is 0. The van der Waals surface area contributed by atoms with Crippen LogP contribution in [-0.2, 0) is 0 Å². The monoisotopic (exact) mass is 515 g/mol. The van der Waals surface area contributed by atoms with Crippen molar-refractivity contribution in [1.82, 2.24) is 4.57 Å². The number of aromatic nitrogens is 1. The van der Waals surface area contributed by atoms with Crippen molar-refractivity contribution in [3.63, 3.8) is 0 Å². The van der Waals surface area contributed by atoms with Crippen LogP contribution in [0.4, 0.5) is 0 Å². The van der Waals surface area contributed by atoms with Gasteiger partial charge in [0.2, 0.25) is 0 Å². The van der Waals surface area contributed by atoms with Crippen molar-refractivity contribution in [1.29, 1.82) is 0 Å². The topological polar surface area (TPSA) is 18.1 Å². The summed E-state index contributed by atoms with van der Waals surface area (Å²) in [6.45, 7) is 0. The Morgan fingerprint density at radius 1 is 0.487 bits per heavy atom. The van der Waals surface area contributed by atoms with Gasteiger partial charge in [-0.2, -0.15) is 0 Å². The molecular formula is C36H21NOS. The predicted molar refractivity (Wildman–Crippen MR) is 166 cm³/mol. The molecule has 0 N–H and O–H groups in total. The molecule has 0 saturated carbocycles. The minimum absolute atomic E-state index is 0.930. The van der Waals surface area contributed by atoms with E-state index in [2.05, 4.69) is 126 Å². The van der Waals surface area contributed by atoms with E-state index in [0.29, 0.717) is 0 Å². The molecule has 0 atom stereocenters. The predicted octanol–water partition coefficient (Wildman–Crippen LogP) is 10.7. The van der Waals surface area contributed by atoms with Crippen LogP contribution in [0.3, 0.4) is 0 Å². The van der Waals surface area contributed by atoms with Gasteiger partial charge in [0.25, 0.3) is 0 Å². The first-order valence-electron chi connectivity index (χ1n) is 13.2. The van der Waals surface area contributed by atoms with Crippen LogP contribution in [0.5, 0.6) is 0 Å². The molecular weight excluding hydrogens is 494 g/mol. The van der Waals surface area contributed by atoms with Crippen molar-refractivity contribution in [2.24, 2.45) is 0 Å². The maximum absolute atomic E-state index is 6.41. The first kappa shape index (κ1) is 21.1. The second-order valence-corrected chi connectivity index (χ2v) is 11.2. The molecule has 6 aromatic carbocycles. The summed E-state index contributed by atoms with van der Waals surface area (Å²) in [5.41, 5.74) is 7.89. The molecule has 0 unspecified atom stereocenters. The Bertz CT molecular complexity index is 2350. The van der Waals surface area contributed by atoms with Crippen LogP contribution < -0.4 is 0 Å². The van der Waals surface area contributed by atoms with Gasteiger partial charge in [0, 0.05) is 58.5 Å². The third-order valence-electron chi connectivity index (χ3n) is 8.01. The van der Waals surface area contributed by atoms with Gasteiger partial charge in [0.05, 0.1) is 11.0 Å². The Labute approximate surface area is 227 Å². The van der Waals surface area contributed by atoms with Gasteiger partial charge >= 0.3 is 0 Å². The van der Waals surface area contributed by atoms with E-state index in [1.165, 1.54) is 53.2 Å². The molecule has 39 heavy (non-hydrogen) atoms. The van der Waals surface area contributed by atoms with Gasteiger partial charge in [-0.15, -0.1) is 11.3 Å². The normalized spacial score (nSPS) is 12.1. The number of nitrogens with zero attached hydrogens (tertiary/aromatic N) is 1. The van der Waals surface area contributed by atoms with Crippen molar-refractivity contribution >= 4 is 75.3 Å². The Morgan fingerprint density at radius 2 is 1.13 bits per heavy atom. The lowest BCUT2D eigenvalue weighted by atomic mass is 10.00. The second-order valence-electron chi connectivity index (χ2n) is 10.1. The standard InChI is InChI=1S/C36H21NOS/c1-4-16-31-23(9-1)24-10-2-5-17-32(24)37(31)22-19-20-34-30(21-22)29-15-8-14-28(36(29)39-34)27-13-7-12-26-25-11-3-6-18-33(25)38-35(26)27/h1-21H. The van der Waals surface area contributed by atoms with Crippen LogP contribution in [0.25, 0.3) is 80.7 Å². The lowest BCUT2D eigenvalue weighted by molar-refractivity contribution is 0.670. The fourth-order valence-corrected chi connectivity index (χ4v) is 7.51. The molecule has 0 saturated heterocycles. The molecule has 0 aliphatic carbocycles. The molecule has 9 rings (SSSR count). The molecule has 182 valence electrons. The molecule has 0 spiro atoms. The second kappa shape index (κ2) is 7.83. The Kier molecular flexibility index (Phi) is 4.24. The van der Waals surface area contributed by atoms with Gasteiger partial charge in [-0.3, -0.25) is 0 Å². The average Bonchev–Trinajstić information content (AvgIpc) is 3.66. The number of rotatable bonds is 2. The summed E-state index contributed by atoms with van der Waals surface area (Å²) in [5, 5.41) is 7.45. The molecule has 9 aromatic rings. The summed E-state index contributed by atoms with van der Waals surface area (Å²) >= 11 is 1.86. The minimum Gasteiger partial charge on any atom is -0.455 e. The van der Waals surface area contributed by atoms with Gasteiger partial charge in [0.15, 0.2) is 0 Å². The maximum atomic E-state index is 6.41. The third kappa shape index (κ3) is 2.91. The highest BCUT2D eigenvalue weighted by Crippen LogP contribution is 2.44. The molecule has 0 fully saturated rings. The van der Waals surface area contributed by atoms with Crippen LogP contribution in [0.1, 0.15) is 0 Å². The van der Waals surface area contributed by atoms with Crippen molar-refractivity contribution in [2.45, 2.75) is 0 Å². The molecule has 0 aliphatic rings. The SMILES string of the molecule is c1ccc2c(c1)oc1c(-c3cccc4c3sc3ccc(-n5c6ccccc6c6ccccc65)cc34)cccc12. The lowest BCUT2D eigenvalue weighted by Gasteiger charge is -2.08. The average molecular weight is 516 g/mol. The molecule has 0 radical (unpaired) electrons. The van der Waals surface area contributed by atoms with Crippen molar-refractivity contribution < 1.29 is 4.42 Å². The van der Waals surface area contributed by atoms with Crippen LogP contribution in [0.15, 0.2) is 132 Å². The largest absolute Gasteiger partial charge is 0.455 e. The Hall–Kier alpha value is -4.86. The van der Waals surface area contributed by atoms with Crippen LogP contribution in [0, 0.1) is 0 Å². The molecule has 3 aromatic heterocycles. The first-order chi connectivity index (χ1) is 19.3.